The summed E-state index contributed by atoms with van der Waals surface area (Å²) in [6, 6.07) is 5.04. The van der Waals surface area contributed by atoms with Gasteiger partial charge >= 0.3 is 5.97 Å². The van der Waals surface area contributed by atoms with Crippen molar-refractivity contribution in [3.8, 4) is 0 Å². The average molecular weight is 288 g/mol. The highest BCUT2D eigenvalue weighted by atomic mass is 16.5. The molecule has 0 fully saturated rings. The van der Waals surface area contributed by atoms with E-state index >= 15 is 0 Å². The van der Waals surface area contributed by atoms with E-state index in [0.717, 1.165) is 11.1 Å². The molecule has 2 rings (SSSR count). The van der Waals surface area contributed by atoms with E-state index in [1.807, 2.05) is 19.9 Å². The number of methoxy groups -OCH3 is 1. The van der Waals surface area contributed by atoms with E-state index in [9.17, 15) is 9.59 Å². The first-order valence-corrected chi connectivity index (χ1v) is 6.40. The van der Waals surface area contributed by atoms with Crippen molar-refractivity contribution < 1.29 is 18.8 Å². The highest BCUT2D eigenvalue weighted by molar-refractivity contribution is 5.96. The minimum atomic E-state index is -0.428. The smallest absolute Gasteiger partial charge is 0.338 e. The molecule has 1 amide bonds. The first-order chi connectivity index (χ1) is 10.0. The maximum absolute atomic E-state index is 11.9. The molecular weight excluding hydrogens is 272 g/mol. The molecule has 0 saturated carbocycles. The predicted molar refractivity (Wildman–Crippen MR) is 76.1 cm³/mol. The summed E-state index contributed by atoms with van der Waals surface area (Å²) in [6.07, 6.45) is 1.52. The molecule has 110 valence electrons. The van der Waals surface area contributed by atoms with Crippen molar-refractivity contribution >= 4 is 17.6 Å². The molecule has 0 bridgehead atoms. The number of aromatic nitrogens is 1. The van der Waals surface area contributed by atoms with Crippen LogP contribution in [-0.2, 0) is 16.0 Å². The number of carbonyl (C=O) groups is 2. The van der Waals surface area contributed by atoms with Crippen LogP contribution in [0, 0.1) is 13.8 Å². The topological polar surface area (TPSA) is 81.4 Å². The Balaban J connectivity index is 2.18. The van der Waals surface area contributed by atoms with Crippen molar-refractivity contribution in [2.75, 3.05) is 12.4 Å². The molecule has 1 aromatic carbocycles. The van der Waals surface area contributed by atoms with E-state index in [2.05, 4.69) is 15.0 Å². The Morgan fingerprint density at radius 1 is 1.33 bits per heavy atom. The molecule has 0 aliphatic heterocycles. The van der Waals surface area contributed by atoms with Gasteiger partial charge in [0.15, 0.2) is 0 Å². The normalized spacial score (nSPS) is 10.2. The van der Waals surface area contributed by atoms with E-state index in [1.165, 1.54) is 13.4 Å². The van der Waals surface area contributed by atoms with E-state index < -0.39 is 5.97 Å². The lowest BCUT2D eigenvalue weighted by Crippen LogP contribution is -2.16. The van der Waals surface area contributed by atoms with E-state index in [4.69, 9.17) is 4.74 Å². The molecule has 6 nitrogen and oxygen atoms in total. The summed E-state index contributed by atoms with van der Waals surface area (Å²) in [5.41, 5.74) is 3.26. The first kappa shape index (κ1) is 14.8. The van der Waals surface area contributed by atoms with Crippen LogP contribution in [0.2, 0.25) is 0 Å². The zero-order valence-corrected chi connectivity index (χ0v) is 12.1. The number of benzene rings is 1. The second-order valence-electron chi connectivity index (χ2n) is 4.67. The van der Waals surface area contributed by atoms with Gasteiger partial charge in [-0.3, -0.25) is 4.79 Å². The Bertz CT molecular complexity index is 663. The van der Waals surface area contributed by atoms with Crippen molar-refractivity contribution in [2.24, 2.45) is 0 Å². The van der Waals surface area contributed by atoms with Gasteiger partial charge in [0, 0.05) is 11.8 Å². The second kappa shape index (κ2) is 6.21. The summed E-state index contributed by atoms with van der Waals surface area (Å²) < 4.78 is 9.42. The third-order valence-electron chi connectivity index (χ3n) is 3.19. The van der Waals surface area contributed by atoms with E-state index in [0.29, 0.717) is 16.9 Å². The number of esters is 1. The van der Waals surface area contributed by atoms with Gasteiger partial charge in [0.1, 0.15) is 6.26 Å². The molecule has 1 N–H and O–H groups in total. The molecule has 0 radical (unpaired) electrons. The molecule has 21 heavy (non-hydrogen) atoms. The zero-order chi connectivity index (χ0) is 15.4. The van der Waals surface area contributed by atoms with Crippen LogP contribution in [0.25, 0.3) is 0 Å². The molecule has 0 saturated heterocycles. The van der Waals surface area contributed by atoms with Gasteiger partial charge in [0.2, 0.25) is 5.91 Å². The largest absolute Gasteiger partial charge is 0.465 e. The van der Waals surface area contributed by atoms with Gasteiger partial charge in [-0.1, -0.05) is 5.16 Å². The Hall–Kier alpha value is -2.63. The lowest BCUT2D eigenvalue weighted by molar-refractivity contribution is -0.115. The maximum Gasteiger partial charge on any atom is 0.338 e. The van der Waals surface area contributed by atoms with Crippen LogP contribution < -0.4 is 5.32 Å². The lowest BCUT2D eigenvalue weighted by atomic mass is 10.0. The zero-order valence-electron chi connectivity index (χ0n) is 12.1. The van der Waals surface area contributed by atoms with Crippen LogP contribution in [0.3, 0.4) is 0 Å². The number of rotatable bonds is 4. The molecule has 2 aromatic rings. The number of aryl methyl sites for hydroxylation is 1. The molecule has 0 unspecified atom stereocenters. The number of hydrogen-bond donors (Lipinski definition) is 1. The quantitative estimate of drug-likeness (QED) is 0.873. The van der Waals surface area contributed by atoms with Crippen LogP contribution in [0.1, 0.15) is 27.2 Å². The molecule has 6 heteroatoms. The third-order valence-corrected chi connectivity index (χ3v) is 3.19. The molecule has 0 atom stereocenters. The number of nitrogens with one attached hydrogen (secondary N) is 1. The number of carbonyl (C=O) groups excluding carboxylic acids is 2. The molecular formula is C15H16N2O4. The van der Waals surface area contributed by atoms with Gasteiger partial charge in [-0.05, 0) is 37.1 Å². The third kappa shape index (κ3) is 3.47. The number of ether oxygens (including phenoxy) is 1. The average Bonchev–Trinajstić information content (AvgIpc) is 2.94. The minimum Gasteiger partial charge on any atom is -0.465 e. The number of hydrogen-bond acceptors (Lipinski definition) is 5. The summed E-state index contributed by atoms with van der Waals surface area (Å²) in [7, 11) is 1.33. The fourth-order valence-electron chi connectivity index (χ4n) is 1.95. The summed E-state index contributed by atoms with van der Waals surface area (Å²) >= 11 is 0. The van der Waals surface area contributed by atoms with Crippen LogP contribution in [-0.4, -0.2) is 24.1 Å². The van der Waals surface area contributed by atoms with Crippen molar-refractivity contribution in [2.45, 2.75) is 20.3 Å². The number of anilines is 1. The van der Waals surface area contributed by atoms with Crippen LogP contribution >= 0.6 is 0 Å². The number of nitrogens with zero attached hydrogens (tertiary/aromatic N) is 1. The Morgan fingerprint density at radius 3 is 2.71 bits per heavy atom. The second-order valence-corrected chi connectivity index (χ2v) is 4.67. The Kier molecular flexibility index (Phi) is 4.37. The van der Waals surface area contributed by atoms with Gasteiger partial charge in [-0.2, -0.15) is 0 Å². The fraction of sp³-hybridized carbons (Fsp3) is 0.267. The summed E-state index contributed by atoms with van der Waals surface area (Å²) in [5, 5.41) is 6.42. The monoisotopic (exact) mass is 288 g/mol. The number of amides is 1. The Labute approximate surface area is 122 Å². The first-order valence-electron chi connectivity index (χ1n) is 6.40. The van der Waals surface area contributed by atoms with Crippen LogP contribution in [0.5, 0.6) is 0 Å². The van der Waals surface area contributed by atoms with Gasteiger partial charge in [0.25, 0.3) is 0 Å². The van der Waals surface area contributed by atoms with Gasteiger partial charge in [0.05, 0.1) is 24.8 Å². The van der Waals surface area contributed by atoms with Crippen LogP contribution in [0.4, 0.5) is 5.69 Å². The van der Waals surface area contributed by atoms with E-state index in [-0.39, 0.29) is 12.3 Å². The molecule has 1 heterocycles. The van der Waals surface area contributed by atoms with E-state index in [1.54, 1.807) is 12.1 Å². The highest BCUT2D eigenvalue weighted by Crippen LogP contribution is 2.21. The van der Waals surface area contributed by atoms with Crippen molar-refractivity contribution in [1.82, 2.24) is 5.16 Å². The molecule has 0 aliphatic carbocycles. The highest BCUT2D eigenvalue weighted by Gasteiger charge is 2.14. The molecule has 1 aromatic heterocycles. The van der Waals surface area contributed by atoms with Gasteiger partial charge in [-0.25, -0.2) is 4.79 Å². The molecule has 0 spiro atoms. The maximum atomic E-state index is 11.9. The predicted octanol–water partition coefficient (Wildman–Crippen LogP) is 2.26. The standard InChI is InChI=1S/C15H16N2O4/c1-9-6-12(7-13(10(9)2)15(19)20-3)16-14(18)8-11-4-5-21-17-11/h4-7H,8H2,1-3H3,(H,16,18). The van der Waals surface area contributed by atoms with Gasteiger partial charge < -0.3 is 14.6 Å². The fourth-order valence-corrected chi connectivity index (χ4v) is 1.95. The summed E-state index contributed by atoms with van der Waals surface area (Å²) in [6.45, 7) is 3.71. The minimum absolute atomic E-state index is 0.108. The molecule has 0 aliphatic rings. The van der Waals surface area contributed by atoms with Crippen molar-refractivity contribution in [3.05, 3.63) is 46.8 Å². The SMILES string of the molecule is COC(=O)c1cc(NC(=O)Cc2ccon2)cc(C)c1C. The lowest BCUT2D eigenvalue weighted by Gasteiger charge is -2.11. The summed E-state index contributed by atoms with van der Waals surface area (Å²) in [5.74, 6) is -0.661. The van der Waals surface area contributed by atoms with Gasteiger partial charge in [-0.15, -0.1) is 0 Å². The summed E-state index contributed by atoms with van der Waals surface area (Å²) in [4.78, 5) is 23.6. The van der Waals surface area contributed by atoms with Crippen LogP contribution in [0.15, 0.2) is 29.0 Å². The Morgan fingerprint density at radius 2 is 2.10 bits per heavy atom. The van der Waals surface area contributed by atoms with Crippen molar-refractivity contribution in [3.63, 3.8) is 0 Å². The van der Waals surface area contributed by atoms with Crippen molar-refractivity contribution in [1.29, 1.82) is 0 Å².